The van der Waals surface area contributed by atoms with Crippen LogP contribution in [0.4, 0.5) is 8.78 Å². The molecule has 2 rings (SSSR count). The fraction of sp³-hybridized carbons (Fsp3) is 0.500. The van der Waals surface area contributed by atoms with E-state index in [-0.39, 0.29) is 16.1 Å². The lowest BCUT2D eigenvalue weighted by molar-refractivity contribution is 0.355. The van der Waals surface area contributed by atoms with E-state index in [2.05, 4.69) is 21.2 Å². The minimum Gasteiger partial charge on any atom is -0.493 e. The van der Waals surface area contributed by atoms with Gasteiger partial charge in [-0.05, 0) is 41.4 Å². The zero-order valence-electron chi connectivity index (χ0n) is 9.53. The molecule has 1 unspecified atom stereocenters. The predicted molar refractivity (Wildman–Crippen MR) is 65.5 cm³/mol. The first-order chi connectivity index (χ1) is 8.15. The predicted octanol–water partition coefficient (Wildman–Crippen LogP) is 3.20. The number of hydrogen-bond acceptors (Lipinski definition) is 2. The second-order valence-electron chi connectivity index (χ2n) is 4.15. The molecule has 1 atom stereocenters. The Morgan fingerprint density at radius 1 is 1.41 bits per heavy atom. The fourth-order valence-corrected chi connectivity index (χ4v) is 2.65. The van der Waals surface area contributed by atoms with Crippen molar-refractivity contribution in [2.24, 2.45) is 0 Å². The molecule has 0 saturated carbocycles. The Labute approximate surface area is 107 Å². The van der Waals surface area contributed by atoms with E-state index in [1.54, 1.807) is 6.07 Å². The number of methoxy groups -OCH3 is 1. The maximum atomic E-state index is 13.7. The van der Waals surface area contributed by atoms with Crippen molar-refractivity contribution in [2.75, 3.05) is 20.2 Å². The van der Waals surface area contributed by atoms with E-state index in [1.807, 2.05) is 0 Å². The molecule has 0 aliphatic carbocycles. The summed E-state index contributed by atoms with van der Waals surface area (Å²) in [5, 5.41) is 3.25. The number of nitrogens with one attached hydrogen (secondary N) is 1. The van der Waals surface area contributed by atoms with Gasteiger partial charge >= 0.3 is 0 Å². The van der Waals surface area contributed by atoms with Crippen molar-refractivity contribution < 1.29 is 13.5 Å². The zero-order valence-corrected chi connectivity index (χ0v) is 11.1. The van der Waals surface area contributed by atoms with Gasteiger partial charge in [-0.25, -0.2) is 4.39 Å². The quantitative estimate of drug-likeness (QED) is 0.847. The van der Waals surface area contributed by atoms with Gasteiger partial charge in [0, 0.05) is 18.0 Å². The summed E-state index contributed by atoms with van der Waals surface area (Å²) in [6, 6.07) is 1.62. The highest BCUT2D eigenvalue weighted by atomic mass is 79.9. The number of benzene rings is 1. The summed E-state index contributed by atoms with van der Waals surface area (Å²) < 4.78 is 32.3. The molecule has 0 aromatic heterocycles. The molecule has 0 amide bonds. The van der Waals surface area contributed by atoms with Gasteiger partial charge in [0.2, 0.25) is 5.82 Å². The molecule has 17 heavy (non-hydrogen) atoms. The highest BCUT2D eigenvalue weighted by molar-refractivity contribution is 9.10. The lowest BCUT2D eigenvalue weighted by atomic mass is 9.91. The van der Waals surface area contributed by atoms with Gasteiger partial charge in [-0.1, -0.05) is 0 Å². The molecular weight excluding hydrogens is 292 g/mol. The van der Waals surface area contributed by atoms with E-state index >= 15 is 0 Å². The summed E-state index contributed by atoms with van der Waals surface area (Å²) in [5.41, 5.74) is 0.727. The Bertz CT molecular complexity index is 419. The molecule has 1 aliphatic heterocycles. The Balaban J connectivity index is 2.44. The molecule has 1 aliphatic rings. The molecular formula is C12H14BrF2NO. The van der Waals surface area contributed by atoms with E-state index < -0.39 is 11.6 Å². The average Bonchev–Trinajstić information content (AvgIpc) is 2.36. The highest BCUT2D eigenvalue weighted by Crippen LogP contribution is 2.37. The zero-order chi connectivity index (χ0) is 12.4. The fourth-order valence-electron chi connectivity index (χ4n) is 2.22. The maximum absolute atomic E-state index is 13.7. The summed E-state index contributed by atoms with van der Waals surface area (Å²) in [7, 11) is 1.37. The number of halogens is 3. The van der Waals surface area contributed by atoms with Crippen molar-refractivity contribution in [1.29, 1.82) is 0 Å². The third-order valence-corrected chi connectivity index (χ3v) is 3.66. The van der Waals surface area contributed by atoms with E-state index in [0.29, 0.717) is 0 Å². The SMILES string of the molecule is COc1c(C2CCCNC2)cc(Br)c(F)c1F. The van der Waals surface area contributed by atoms with Crippen LogP contribution in [0.2, 0.25) is 0 Å². The number of hydrogen-bond donors (Lipinski definition) is 1. The van der Waals surface area contributed by atoms with Crippen molar-refractivity contribution in [3.8, 4) is 5.75 Å². The Kier molecular flexibility index (Phi) is 3.99. The first-order valence-electron chi connectivity index (χ1n) is 5.57. The Morgan fingerprint density at radius 3 is 2.76 bits per heavy atom. The van der Waals surface area contributed by atoms with E-state index in [0.717, 1.165) is 31.5 Å². The monoisotopic (exact) mass is 305 g/mol. The van der Waals surface area contributed by atoms with Crippen LogP contribution in [-0.4, -0.2) is 20.2 Å². The van der Waals surface area contributed by atoms with E-state index in [1.165, 1.54) is 7.11 Å². The van der Waals surface area contributed by atoms with Crippen molar-refractivity contribution in [3.05, 3.63) is 27.7 Å². The van der Waals surface area contributed by atoms with Crippen LogP contribution in [0.15, 0.2) is 10.5 Å². The maximum Gasteiger partial charge on any atom is 0.202 e. The first kappa shape index (κ1) is 12.8. The van der Waals surface area contributed by atoms with Gasteiger partial charge in [0.1, 0.15) is 0 Å². The van der Waals surface area contributed by atoms with Gasteiger partial charge in [0.05, 0.1) is 11.6 Å². The summed E-state index contributed by atoms with van der Waals surface area (Å²) in [4.78, 5) is 0. The molecule has 1 N–H and O–H groups in total. The molecule has 1 aromatic rings. The van der Waals surface area contributed by atoms with Gasteiger partial charge in [-0.3, -0.25) is 0 Å². The van der Waals surface area contributed by atoms with E-state index in [4.69, 9.17) is 4.74 Å². The lowest BCUT2D eigenvalue weighted by Gasteiger charge is -2.25. The Morgan fingerprint density at radius 2 is 2.18 bits per heavy atom. The number of rotatable bonds is 2. The number of piperidine rings is 1. The third kappa shape index (κ3) is 2.45. The summed E-state index contributed by atoms with van der Waals surface area (Å²) in [6.45, 7) is 1.75. The van der Waals surface area contributed by atoms with Crippen LogP contribution in [-0.2, 0) is 0 Å². The molecule has 0 bridgehead atoms. The van der Waals surface area contributed by atoms with Gasteiger partial charge < -0.3 is 10.1 Å². The van der Waals surface area contributed by atoms with E-state index in [9.17, 15) is 8.78 Å². The molecule has 0 spiro atoms. The molecule has 94 valence electrons. The van der Waals surface area contributed by atoms with Crippen molar-refractivity contribution in [1.82, 2.24) is 5.32 Å². The summed E-state index contributed by atoms with van der Waals surface area (Å²) in [6.07, 6.45) is 1.99. The van der Waals surface area contributed by atoms with Gasteiger partial charge in [0.15, 0.2) is 11.6 Å². The molecule has 1 heterocycles. The molecule has 1 aromatic carbocycles. The van der Waals surface area contributed by atoms with Gasteiger partial charge in [0.25, 0.3) is 0 Å². The first-order valence-corrected chi connectivity index (χ1v) is 6.36. The molecule has 5 heteroatoms. The molecule has 1 fully saturated rings. The topological polar surface area (TPSA) is 21.3 Å². The second kappa shape index (κ2) is 5.31. The molecule has 0 radical (unpaired) electrons. The minimum atomic E-state index is -0.914. The standard InChI is InChI=1S/C12H14BrF2NO/c1-17-12-8(7-3-2-4-16-6-7)5-9(13)10(14)11(12)15/h5,7,16H,2-4,6H2,1H3. The highest BCUT2D eigenvalue weighted by Gasteiger charge is 2.24. The van der Waals surface area contributed by atoms with Crippen LogP contribution in [0.1, 0.15) is 24.3 Å². The van der Waals surface area contributed by atoms with Gasteiger partial charge in [-0.15, -0.1) is 0 Å². The van der Waals surface area contributed by atoms with Crippen LogP contribution < -0.4 is 10.1 Å². The molecule has 2 nitrogen and oxygen atoms in total. The average molecular weight is 306 g/mol. The normalized spacial score (nSPS) is 20.4. The second-order valence-corrected chi connectivity index (χ2v) is 5.01. The van der Waals surface area contributed by atoms with Crippen LogP contribution in [0.3, 0.4) is 0 Å². The summed E-state index contributed by atoms with van der Waals surface area (Å²) >= 11 is 3.04. The number of ether oxygens (including phenoxy) is 1. The van der Waals surface area contributed by atoms with Crippen molar-refractivity contribution in [2.45, 2.75) is 18.8 Å². The Hall–Kier alpha value is -0.680. The van der Waals surface area contributed by atoms with Crippen LogP contribution in [0, 0.1) is 11.6 Å². The largest absolute Gasteiger partial charge is 0.493 e. The minimum absolute atomic E-state index is 0.0272. The van der Waals surface area contributed by atoms with Gasteiger partial charge in [-0.2, -0.15) is 4.39 Å². The smallest absolute Gasteiger partial charge is 0.202 e. The van der Waals surface area contributed by atoms with Crippen LogP contribution in [0.25, 0.3) is 0 Å². The molecule has 1 saturated heterocycles. The van der Waals surface area contributed by atoms with Crippen molar-refractivity contribution in [3.63, 3.8) is 0 Å². The summed E-state index contributed by atoms with van der Waals surface area (Å²) in [5.74, 6) is -1.61. The van der Waals surface area contributed by atoms with Crippen LogP contribution >= 0.6 is 15.9 Å². The van der Waals surface area contributed by atoms with Crippen LogP contribution in [0.5, 0.6) is 5.75 Å². The van der Waals surface area contributed by atoms with Crippen molar-refractivity contribution >= 4 is 15.9 Å². The lowest BCUT2D eigenvalue weighted by Crippen LogP contribution is -2.28. The third-order valence-electron chi connectivity index (χ3n) is 3.09.